The third-order valence-electron chi connectivity index (χ3n) is 5.43. The van der Waals surface area contributed by atoms with Crippen LogP contribution in [0.15, 0.2) is 42.5 Å². The molecule has 0 unspecified atom stereocenters. The molecule has 1 fully saturated rings. The van der Waals surface area contributed by atoms with Crippen molar-refractivity contribution in [2.45, 2.75) is 51.9 Å². The van der Waals surface area contributed by atoms with Gasteiger partial charge in [-0.3, -0.25) is 5.32 Å². The molecule has 3 N–H and O–H groups in total. The van der Waals surface area contributed by atoms with E-state index in [1.54, 1.807) is 44.2 Å². The van der Waals surface area contributed by atoms with Gasteiger partial charge >= 0.3 is 12.7 Å². The van der Waals surface area contributed by atoms with E-state index in [0.29, 0.717) is 22.8 Å². The zero-order chi connectivity index (χ0) is 22.1. The average molecular weight is 429 g/mol. The molecule has 1 aliphatic rings. The number of hydrogen-bond donors (Lipinski definition) is 2. The number of benzene rings is 2. The highest BCUT2D eigenvalue weighted by molar-refractivity contribution is 6.02. The molecule has 0 atom stereocenters. The van der Waals surface area contributed by atoms with Gasteiger partial charge in [-0.1, -0.05) is 12.1 Å². The summed E-state index contributed by atoms with van der Waals surface area (Å²) in [5.41, 5.74) is 10.2. The number of hydrogen-bond acceptors (Lipinski definition) is 4. The van der Waals surface area contributed by atoms with E-state index in [-0.39, 0.29) is 11.9 Å². The van der Waals surface area contributed by atoms with Crippen LogP contribution in [0.1, 0.15) is 39.2 Å². The maximum Gasteiger partial charge on any atom is 0.411 e. The molecule has 4 rings (SSSR count). The fourth-order valence-corrected chi connectivity index (χ4v) is 3.89. The molecule has 0 aliphatic heterocycles. The van der Waals surface area contributed by atoms with Crippen LogP contribution in [0.2, 0.25) is 0 Å². The quantitative estimate of drug-likeness (QED) is 0.491. The molecule has 0 saturated heterocycles. The van der Waals surface area contributed by atoms with Crippen molar-refractivity contribution in [1.82, 2.24) is 4.57 Å². The van der Waals surface area contributed by atoms with Gasteiger partial charge in [-0.25, -0.2) is 4.79 Å². The van der Waals surface area contributed by atoms with Crippen LogP contribution in [-0.2, 0) is 4.74 Å². The molecule has 3 aromatic rings. The van der Waals surface area contributed by atoms with Gasteiger partial charge in [0.2, 0.25) is 0 Å². The van der Waals surface area contributed by atoms with Crippen molar-refractivity contribution in [2.75, 3.05) is 11.1 Å². The number of rotatable bonds is 6. The number of nitrogens with one attached hydrogen (secondary N) is 1. The topological polar surface area (TPSA) is 78.5 Å². The molecule has 0 bridgehead atoms. The fourth-order valence-electron chi connectivity index (χ4n) is 3.89. The standard InChI is InChI=1S/C23H25F2N3O3/c1-13(2)30-23(29)27-15-8-6-14(7-9-15)21-20(26)18-12-17(31-22(24)25)10-11-19(18)28(21)16-4-3-5-16/h6-13,16,22H,3-5,26H2,1-2H3,(H,27,29). The van der Waals surface area contributed by atoms with E-state index in [2.05, 4.69) is 14.6 Å². The lowest BCUT2D eigenvalue weighted by Gasteiger charge is -2.30. The maximum atomic E-state index is 12.7. The molecule has 8 heteroatoms. The summed E-state index contributed by atoms with van der Waals surface area (Å²) in [6.45, 7) is 0.666. The minimum atomic E-state index is -2.89. The molecule has 164 valence electrons. The van der Waals surface area contributed by atoms with Gasteiger partial charge in [-0.2, -0.15) is 8.78 Å². The van der Waals surface area contributed by atoms with Crippen molar-refractivity contribution in [3.8, 4) is 17.0 Å². The summed E-state index contributed by atoms with van der Waals surface area (Å²) >= 11 is 0. The molecule has 31 heavy (non-hydrogen) atoms. The van der Waals surface area contributed by atoms with Crippen LogP contribution < -0.4 is 15.8 Å². The number of aromatic nitrogens is 1. The van der Waals surface area contributed by atoms with Crippen molar-refractivity contribution in [3.05, 3.63) is 42.5 Å². The number of nitrogens with two attached hydrogens (primary N) is 1. The minimum Gasteiger partial charge on any atom is -0.447 e. The molecule has 6 nitrogen and oxygen atoms in total. The van der Waals surface area contributed by atoms with Gasteiger partial charge in [-0.15, -0.1) is 0 Å². The van der Waals surface area contributed by atoms with Crippen molar-refractivity contribution < 1.29 is 23.0 Å². The number of nitrogen functional groups attached to an aromatic ring is 1. The summed E-state index contributed by atoms with van der Waals surface area (Å²) in [6, 6.07) is 12.5. The minimum absolute atomic E-state index is 0.0784. The highest BCUT2D eigenvalue weighted by Crippen LogP contribution is 2.45. The van der Waals surface area contributed by atoms with Gasteiger partial charge in [0.15, 0.2) is 0 Å². The highest BCUT2D eigenvalue weighted by Gasteiger charge is 2.27. The predicted octanol–water partition coefficient (Wildman–Crippen LogP) is 6.17. The summed E-state index contributed by atoms with van der Waals surface area (Å²) < 4.78 is 37.2. The smallest absolute Gasteiger partial charge is 0.411 e. The summed E-state index contributed by atoms with van der Waals surface area (Å²) in [4.78, 5) is 11.8. The number of halogens is 2. The molecule has 1 saturated carbocycles. The van der Waals surface area contributed by atoms with Crippen LogP contribution in [0.3, 0.4) is 0 Å². The Morgan fingerprint density at radius 2 is 1.87 bits per heavy atom. The van der Waals surface area contributed by atoms with Gasteiger partial charge in [0.25, 0.3) is 0 Å². The van der Waals surface area contributed by atoms with Gasteiger partial charge in [-0.05, 0) is 63.4 Å². The second kappa shape index (κ2) is 8.45. The zero-order valence-electron chi connectivity index (χ0n) is 17.4. The second-order valence-corrected chi connectivity index (χ2v) is 7.93. The van der Waals surface area contributed by atoms with Crippen molar-refractivity contribution in [2.24, 2.45) is 0 Å². The third kappa shape index (κ3) is 4.28. The lowest BCUT2D eigenvalue weighted by molar-refractivity contribution is -0.0497. The first-order chi connectivity index (χ1) is 14.8. The highest BCUT2D eigenvalue weighted by atomic mass is 19.3. The van der Waals surface area contributed by atoms with Gasteiger partial charge in [0, 0.05) is 22.7 Å². The summed E-state index contributed by atoms with van der Waals surface area (Å²) in [5.74, 6) is 0.0784. The Morgan fingerprint density at radius 3 is 2.45 bits per heavy atom. The number of carbonyl (C=O) groups excluding carboxylic acids is 1. The Labute approximate surface area is 178 Å². The van der Waals surface area contributed by atoms with Crippen molar-refractivity contribution in [1.29, 1.82) is 0 Å². The number of alkyl halides is 2. The maximum absolute atomic E-state index is 12.7. The van der Waals surface area contributed by atoms with Crippen molar-refractivity contribution in [3.63, 3.8) is 0 Å². The van der Waals surface area contributed by atoms with E-state index >= 15 is 0 Å². The van der Waals surface area contributed by atoms with Gasteiger partial charge in [0.1, 0.15) is 5.75 Å². The van der Waals surface area contributed by atoms with Crippen LogP contribution in [0.5, 0.6) is 5.75 Å². The van der Waals surface area contributed by atoms with E-state index in [1.165, 1.54) is 0 Å². The third-order valence-corrected chi connectivity index (χ3v) is 5.43. The van der Waals surface area contributed by atoms with E-state index in [0.717, 1.165) is 36.0 Å². The Hall–Kier alpha value is -3.29. The lowest BCUT2D eigenvalue weighted by atomic mass is 9.92. The van der Waals surface area contributed by atoms with Gasteiger partial charge in [0.05, 0.1) is 23.0 Å². The summed E-state index contributed by atoms with van der Waals surface area (Å²) in [7, 11) is 0. The normalized spacial score (nSPS) is 14.1. The SMILES string of the molecule is CC(C)OC(=O)Nc1ccc(-c2c(N)c3cc(OC(F)F)ccc3n2C2CCC2)cc1. The van der Waals surface area contributed by atoms with E-state index in [9.17, 15) is 13.6 Å². The van der Waals surface area contributed by atoms with Crippen LogP contribution in [0, 0.1) is 0 Å². The molecule has 1 aliphatic carbocycles. The number of fused-ring (bicyclic) bond motifs is 1. The van der Waals surface area contributed by atoms with Crippen LogP contribution in [0.4, 0.5) is 25.0 Å². The molecular formula is C23H25F2N3O3. The first-order valence-corrected chi connectivity index (χ1v) is 10.3. The monoisotopic (exact) mass is 429 g/mol. The molecule has 1 amide bonds. The van der Waals surface area contributed by atoms with E-state index in [4.69, 9.17) is 10.5 Å². The molecule has 0 radical (unpaired) electrons. The average Bonchev–Trinajstić information content (AvgIpc) is 2.92. The number of ether oxygens (including phenoxy) is 2. The van der Waals surface area contributed by atoms with Crippen LogP contribution in [0.25, 0.3) is 22.2 Å². The first-order valence-electron chi connectivity index (χ1n) is 10.3. The van der Waals surface area contributed by atoms with E-state index in [1.807, 2.05) is 12.1 Å². The number of anilines is 2. The molecule has 1 heterocycles. The van der Waals surface area contributed by atoms with Gasteiger partial charge < -0.3 is 19.8 Å². The summed E-state index contributed by atoms with van der Waals surface area (Å²) in [5, 5.41) is 3.37. The number of amides is 1. The van der Waals surface area contributed by atoms with Crippen LogP contribution in [-0.4, -0.2) is 23.4 Å². The largest absolute Gasteiger partial charge is 0.447 e. The molecular weight excluding hydrogens is 404 g/mol. The Bertz CT molecular complexity index is 1090. The fraction of sp³-hybridized carbons (Fsp3) is 0.348. The lowest BCUT2D eigenvalue weighted by Crippen LogP contribution is -2.18. The number of nitrogens with zero attached hydrogens (tertiary/aromatic N) is 1. The number of carbonyl (C=O) groups is 1. The Kier molecular flexibility index (Phi) is 5.71. The predicted molar refractivity (Wildman–Crippen MR) is 117 cm³/mol. The van der Waals surface area contributed by atoms with Crippen LogP contribution >= 0.6 is 0 Å². The molecule has 0 spiro atoms. The first kappa shape index (κ1) is 21.0. The summed E-state index contributed by atoms with van der Waals surface area (Å²) in [6.07, 6.45) is 2.48. The van der Waals surface area contributed by atoms with Crippen molar-refractivity contribution >= 4 is 28.4 Å². The Balaban J connectivity index is 1.72. The zero-order valence-corrected chi connectivity index (χ0v) is 17.4. The Morgan fingerprint density at radius 1 is 1.16 bits per heavy atom. The molecule has 2 aromatic carbocycles. The molecule has 1 aromatic heterocycles. The second-order valence-electron chi connectivity index (χ2n) is 7.93. The van der Waals surface area contributed by atoms with E-state index < -0.39 is 12.7 Å².